The first-order valence-corrected chi connectivity index (χ1v) is 9.00. The largest absolute Gasteiger partial charge is 0.329 e. The quantitative estimate of drug-likeness (QED) is 0.796. The molecule has 0 saturated heterocycles. The summed E-state index contributed by atoms with van der Waals surface area (Å²) in [5.74, 6) is 0. The van der Waals surface area contributed by atoms with Crippen molar-refractivity contribution >= 4 is 22.1 Å². The van der Waals surface area contributed by atoms with Crippen molar-refractivity contribution in [3.05, 3.63) is 63.6 Å². The number of aromatic nitrogens is 1. The highest BCUT2D eigenvalue weighted by molar-refractivity contribution is 7.09. The van der Waals surface area contributed by atoms with Crippen LogP contribution in [0.3, 0.4) is 0 Å². The SMILES string of the molecule is Cc1csc(CCN2Cc3c(ccc4ccccc34)C2CN)n1. The minimum atomic E-state index is 0.329. The van der Waals surface area contributed by atoms with Crippen LogP contribution in [0.1, 0.15) is 27.9 Å². The maximum Gasteiger partial charge on any atom is 0.0940 e. The van der Waals surface area contributed by atoms with Gasteiger partial charge in [0.2, 0.25) is 0 Å². The lowest BCUT2D eigenvalue weighted by molar-refractivity contribution is 0.223. The molecule has 0 aliphatic carbocycles. The van der Waals surface area contributed by atoms with Crippen molar-refractivity contribution in [1.29, 1.82) is 0 Å². The van der Waals surface area contributed by atoms with Crippen LogP contribution in [0.4, 0.5) is 0 Å². The number of hydrogen-bond donors (Lipinski definition) is 1. The van der Waals surface area contributed by atoms with Crippen LogP contribution < -0.4 is 5.73 Å². The molecule has 2 aromatic carbocycles. The van der Waals surface area contributed by atoms with Crippen molar-refractivity contribution in [3.63, 3.8) is 0 Å². The van der Waals surface area contributed by atoms with Crippen LogP contribution in [0.25, 0.3) is 10.8 Å². The zero-order chi connectivity index (χ0) is 15.8. The van der Waals surface area contributed by atoms with E-state index in [1.807, 2.05) is 0 Å². The van der Waals surface area contributed by atoms with Gasteiger partial charge in [0.1, 0.15) is 0 Å². The van der Waals surface area contributed by atoms with E-state index in [1.54, 1.807) is 11.3 Å². The van der Waals surface area contributed by atoms with Gasteiger partial charge in [-0.25, -0.2) is 4.98 Å². The van der Waals surface area contributed by atoms with E-state index in [0.717, 1.165) is 25.2 Å². The molecule has 1 aliphatic heterocycles. The fourth-order valence-corrected chi connectivity index (χ4v) is 4.38. The predicted molar refractivity (Wildman–Crippen MR) is 96.7 cm³/mol. The number of thiazole rings is 1. The summed E-state index contributed by atoms with van der Waals surface area (Å²) in [4.78, 5) is 7.09. The molecule has 1 unspecified atom stereocenters. The van der Waals surface area contributed by atoms with Crippen molar-refractivity contribution in [2.24, 2.45) is 5.73 Å². The summed E-state index contributed by atoms with van der Waals surface area (Å²) in [5, 5.41) is 6.04. The molecule has 3 aromatic rings. The van der Waals surface area contributed by atoms with E-state index in [0.29, 0.717) is 12.6 Å². The van der Waals surface area contributed by atoms with Crippen molar-refractivity contribution in [2.75, 3.05) is 13.1 Å². The number of benzene rings is 2. The molecule has 0 bridgehead atoms. The molecule has 2 heterocycles. The molecule has 2 N–H and O–H groups in total. The van der Waals surface area contributed by atoms with Crippen molar-refractivity contribution in [2.45, 2.75) is 25.9 Å². The summed E-state index contributed by atoms with van der Waals surface area (Å²) in [7, 11) is 0. The molecule has 1 aliphatic rings. The fourth-order valence-electron chi connectivity index (χ4n) is 3.62. The van der Waals surface area contributed by atoms with Crippen LogP contribution in [0.2, 0.25) is 0 Å². The van der Waals surface area contributed by atoms with Gasteiger partial charge in [0.05, 0.1) is 5.01 Å². The Balaban J connectivity index is 1.61. The van der Waals surface area contributed by atoms with Crippen LogP contribution in [-0.4, -0.2) is 23.0 Å². The molecule has 4 heteroatoms. The fraction of sp³-hybridized carbons (Fsp3) is 0.316. The Labute approximate surface area is 140 Å². The Morgan fingerprint density at radius 1 is 1.26 bits per heavy atom. The molecule has 23 heavy (non-hydrogen) atoms. The molecule has 118 valence electrons. The van der Waals surface area contributed by atoms with E-state index >= 15 is 0 Å². The van der Waals surface area contributed by atoms with E-state index in [2.05, 4.69) is 58.6 Å². The van der Waals surface area contributed by atoms with Crippen LogP contribution in [-0.2, 0) is 13.0 Å². The number of hydrogen-bond acceptors (Lipinski definition) is 4. The van der Waals surface area contributed by atoms with Gasteiger partial charge in [-0.15, -0.1) is 11.3 Å². The van der Waals surface area contributed by atoms with Gasteiger partial charge in [0.15, 0.2) is 0 Å². The third-order valence-corrected chi connectivity index (χ3v) is 5.77. The van der Waals surface area contributed by atoms with Crippen molar-refractivity contribution in [3.8, 4) is 0 Å². The average molecular weight is 323 g/mol. The summed E-state index contributed by atoms with van der Waals surface area (Å²) in [5.41, 5.74) is 10.1. The van der Waals surface area contributed by atoms with E-state index in [1.165, 1.54) is 26.9 Å². The molecule has 0 radical (unpaired) electrons. The second-order valence-corrected chi connectivity index (χ2v) is 7.15. The smallest absolute Gasteiger partial charge is 0.0940 e. The molecule has 0 spiro atoms. The summed E-state index contributed by atoms with van der Waals surface area (Å²) < 4.78 is 0. The standard InChI is InChI=1S/C19H21N3S/c1-13-12-23-19(21-13)8-9-22-11-17-15-5-3-2-4-14(15)6-7-16(17)18(22)10-20/h2-7,12,18H,8-11,20H2,1H3. The van der Waals surface area contributed by atoms with E-state index in [9.17, 15) is 0 Å². The van der Waals surface area contributed by atoms with Crippen molar-refractivity contribution in [1.82, 2.24) is 9.88 Å². The maximum atomic E-state index is 6.10. The highest BCUT2D eigenvalue weighted by Crippen LogP contribution is 2.37. The van der Waals surface area contributed by atoms with Crippen LogP contribution in [0.15, 0.2) is 41.8 Å². The van der Waals surface area contributed by atoms with Gasteiger partial charge in [0.25, 0.3) is 0 Å². The topological polar surface area (TPSA) is 42.1 Å². The molecule has 1 aromatic heterocycles. The molecule has 0 fully saturated rings. The van der Waals surface area contributed by atoms with Gasteiger partial charge in [-0.05, 0) is 28.8 Å². The average Bonchev–Trinajstić information content (AvgIpc) is 3.15. The molecule has 0 saturated carbocycles. The zero-order valence-electron chi connectivity index (χ0n) is 13.3. The lowest BCUT2D eigenvalue weighted by Crippen LogP contribution is -2.29. The Kier molecular flexibility index (Phi) is 3.89. The zero-order valence-corrected chi connectivity index (χ0v) is 14.1. The van der Waals surface area contributed by atoms with Gasteiger partial charge in [-0.3, -0.25) is 4.90 Å². The van der Waals surface area contributed by atoms with Gasteiger partial charge >= 0.3 is 0 Å². The first-order valence-electron chi connectivity index (χ1n) is 8.12. The third kappa shape index (κ3) is 2.67. The summed E-state index contributed by atoms with van der Waals surface area (Å²) in [6, 6.07) is 13.5. The van der Waals surface area contributed by atoms with Gasteiger partial charge in [-0.2, -0.15) is 0 Å². The Morgan fingerprint density at radius 2 is 2.13 bits per heavy atom. The first-order chi connectivity index (χ1) is 11.3. The monoisotopic (exact) mass is 323 g/mol. The maximum absolute atomic E-state index is 6.10. The summed E-state index contributed by atoms with van der Waals surface area (Å²) >= 11 is 1.76. The van der Waals surface area contributed by atoms with Gasteiger partial charge in [-0.1, -0.05) is 36.4 Å². The molecular formula is C19H21N3S. The third-order valence-electron chi connectivity index (χ3n) is 4.74. The van der Waals surface area contributed by atoms with E-state index < -0.39 is 0 Å². The highest BCUT2D eigenvalue weighted by atomic mass is 32.1. The number of nitrogens with zero attached hydrogens (tertiary/aromatic N) is 2. The molecule has 3 nitrogen and oxygen atoms in total. The first kappa shape index (κ1) is 14.8. The summed E-state index contributed by atoms with van der Waals surface area (Å²) in [6.07, 6.45) is 1.00. The predicted octanol–water partition coefficient (Wildman–Crippen LogP) is 3.66. The van der Waals surface area contributed by atoms with Crippen LogP contribution in [0, 0.1) is 6.92 Å². The van der Waals surface area contributed by atoms with Crippen LogP contribution >= 0.6 is 11.3 Å². The second kappa shape index (κ2) is 6.04. The minimum Gasteiger partial charge on any atom is -0.329 e. The Hall–Kier alpha value is -1.75. The Bertz CT molecular complexity index is 840. The van der Waals surface area contributed by atoms with E-state index in [4.69, 9.17) is 5.73 Å². The highest BCUT2D eigenvalue weighted by Gasteiger charge is 2.30. The lowest BCUT2D eigenvalue weighted by Gasteiger charge is -2.23. The molecular weight excluding hydrogens is 302 g/mol. The van der Waals surface area contributed by atoms with Crippen molar-refractivity contribution < 1.29 is 0 Å². The number of aryl methyl sites for hydroxylation is 1. The van der Waals surface area contributed by atoms with Gasteiger partial charge in [0, 0.05) is 43.2 Å². The molecule has 0 amide bonds. The van der Waals surface area contributed by atoms with Crippen LogP contribution in [0.5, 0.6) is 0 Å². The number of nitrogens with two attached hydrogens (primary N) is 1. The molecule has 4 rings (SSSR count). The number of fused-ring (bicyclic) bond motifs is 3. The summed E-state index contributed by atoms with van der Waals surface area (Å²) in [6.45, 7) is 4.73. The second-order valence-electron chi connectivity index (χ2n) is 6.21. The minimum absolute atomic E-state index is 0.329. The number of rotatable bonds is 4. The van der Waals surface area contributed by atoms with Gasteiger partial charge < -0.3 is 5.73 Å². The lowest BCUT2D eigenvalue weighted by atomic mass is 9.98. The molecule has 1 atom stereocenters. The normalized spacial score (nSPS) is 17.7. The van der Waals surface area contributed by atoms with E-state index in [-0.39, 0.29) is 0 Å². The Morgan fingerprint density at radius 3 is 2.91 bits per heavy atom.